The summed E-state index contributed by atoms with van der Waals surface area (Å²) in [5, 5.41) is -0.202. The molecule has 0 aliphatic rings. The quantitative estimate of drug-likeness (QED) is 0.423. The van der Waals surface area contributed by atoms with E-state index in [1.807, 2.05) is 13.8 Å². The van der Waals surface area contributed by atoms with E-state index in [0.29, 0.717) is 0 Å². The maximum Gasteiger partial charge on any atom is 0.227 e. The molecule has 2 unspecified atom stereocenters. The van der Waals surface area contributed by atoms with Crippen molar-refractivity contribution in [3.63, 3.8) is 0 Å². The molecule has 0 aliphatic heterocycles. The van der Waals surface area contributed by atoms with Gasteiger partial charge in [-0.15, -0.1) is 0 Å². The van der Waals surface area contributed by atoms with Crippen LogP contribution in [0.15, 0.2) is 0 Å². The monoisotopic (exact) mass is 316 g/mol. The lowest BCUT2D eigenvalue weighted by Gasteiger charge is -2.32. The molecule has 2 atom stereocenters. The van der Waals surface area contributed by atoms with Crippen LogP contribution in [0.2, 0.25) is 0 Å². The van der Waals surface area contributed by atoms with Crippen molar-refractivity contribution in [1.29, 1.82) is 0 Å². The normalized spacial score (nSPS) is 20.5. The van der Waals surface area contributed by atoms with Crippen LogP contribution in [0, 0.1) is 5.41 Å². The van der Waals surface area contributed by atoms with Gasteiger partial charge in [0.2, 0.25) is 5.24 Å². The second-order valence-electron chi connectivity index (χ2n) is 4.13. The lowest BCUT2D eigenvalue weighted by Crippen LogP contribution is -2.31. The summed E-state index contributed by atoms with van der Waals surface area (Å²) in [5.41, 5.74) is -0.354. The van der Waals surface area contributed by atoms with Gasteiger partial charge in [-0.05, 0) is 30.9 Å². The first-order chi connectivity index (χ1) is 5.77. The molecule has 13 heavy (non-hydrogen) atoms. The van der Waals surface area contributed by atoms with E-state index in [1.165, 1.54) is 0 Å². The summed E-state index contributed by atoms with van der Waals surface area (Å²) in [5.74, 6) is 0. The molecule has 0 fully saturated rings. The Morgan fingerprint density at radius 1 is 1.31 bits per heavy atom. The van der Waals surface area contributed by atoms with Gasteiger partial charge in [0.05, 0.1) is 0 Å². The summed E-state index contributed by atoms with van der Waals surface area (Å²) in [6, 6.07) is 0. The first-order valence-corrected chi connectivity index (χ1v) is 6.12. The van der Waals surface area contributed by atoms with Crippen LogP contribution < -0.4 is 0 Å². The van der Waals surface area contributed by atoms with Crippen molar-refractivity contribution in [3.8, 4) is 0 Å². The SMILES string of the molecule is CCC(C)(I)CC(C)(CC)C(=O)Cl. The minimum Gasteiger partial charge on any atom is -0.281 e. The van der Waals surface area contributed by atoms with Crippen LogP contribution in [-0.4, -0.2) is 8.66 Å². The third kappa shape index (κ3) is 4.15. The first-order valence-electron chi connectivity index (χ1n) is 4.66. The van der Waals surface area contributed by atoms with Gasteiger partial charge in [-0.3, -0.25) is 4.79 Å². The van der Waals surface area contributed by atoms with E-state index in [9.17, 15) is 4.79 Å². The molecule has 3 heteroatoms. The molecule has 0 aromatic rings. The zero-order valence-electron chi connectivity index (χ0n) is 8.79. The molecule has 0 aliphatic carbocycles. The van der Waals surface area contributed by atoms with Gasteiger partial charge in [0.1, 0.15) is 0 Å². The Morgan fingerprint density at radius 2 is 1.77 bits per heavy atom. The van der Waals surface area contributed by atoms with E-state index in [4.69, 9.17) is 11.6 Å². The molecule has 1 nitrogen and oxygen atoms in total. The highest BCUT2D eigenvalue weighted by atomic mass is 127. The van der Waals surface area contributed by atoms with Gasteiger partial charge in [-0.1, -0.05) is 50.3 Å². The Bertz CT molecular complexity index is 191. The number of alkyl halides is 1. The van der Waals surface area contributed by atoms with Crippen LogP contribution in [0.5, 0.6) is 0 Å². The average molecular weight is 317 g/mol. The van der Waals surface area contributed by atoms with Crippen LogP contribution in [-0.2, 0) is 4.79 Å². The average Bonchev–Trinajstić information content (AvgIpc) is 2.03. The molecule has 78 valence electrons. The van der Waals surface area contributed by atoms with Crippen molar-refractivity contribution in [2.45, 2.75) is 50.4 Å². The van der Waals surface area contributed by atoms with Gasteiger partial charge in [-0.25, -0.2) is 0 Å². The molecule has 0 radical (unpaired) electrons. The van der Waals surface area contributed by atoms with E-state index in [0.717, 1.165) is 19.3 Å². The summed E-state index contributed by atoms with van der Waals surface area (Å²) in [6.07, 6.45) is 2.73. The molecule has 0 saturated heterocycles. The van der Waals surface area contributed by atoms with Gasteiger partial charge >= 0.3 is 0 Å². The van der Waals surface area contributed by atoms with Crippen LogP contribution >= 0.6 is 34.2 Å². The minimum atomic E-state index is -0.354. The molecular formula is C10H18ClIO. The Balaban J connectivity index is 4.54. The third-order valence-corrected chi connectivity index (χ3v) is 4.35. The summed E-state index contributed by atoms with van der Waals surface area (Å²) in [6.45, 7) is 8.28. The molecule has 0 rings (SSSR count). The third-order valence-electron chi connectivity index (χ3n) is 2.75. The molecule has 0 heterocycles. The van der Waals surface area contributed by atoms with Gasteiger partial charge in [-0.2, -0.15) is 0 Å². The Labute approximate surface area is 99.8 Å². The fraction of sp³-hybridized carbons (Fsp3) is 0.900. The number of hydrogen-bond donors (Lipinski definition) is 0. The summed E-state index contributed by atoms with van der Waals surface area (Å²) in [4.78, 5) is 11.3. The van der Waals surface area contributed by atoms with Gasteiger partial charge in [0, 0.05) is 8.84 Å². The smallest absolute Gasteiger partial charge is 0.227 e. The highest BCUT2D eigenvalue weighted by molar-refractivity contribution is 14.1. The van der Waals surface area contributed by atoms with E-state index in [2.05, 4.69) is 36.4 Å². The standard InChI is InChI=1S/C10H18ClIO/c1-5-9(3,8(11)13)7-10(4,12)6-2/h5-7H2,1-4H3. The van der Waals surface area contributed by atoms with E-state index in [1.54, 1.807) is 0 Å². The molecule has 0 amide bonds. The molecule has 0 aromatic heterocycles. The summed E-state index contributed by atoms with van der Waals surface area (Å²) >= 11 is 8.02. The maximum absolute atomic E-state index is 11.3. The van der Waals surface area contributed by atoms with Crippen molar-refractivity contribution in [2.24, 2.45) is 5.41 Å². The lowest BCUT2D eigenvalue weighted by atomic mass is 9.79. The number of halogens is 2. The molecule has 0 bridgehead atoms. The van der Waals surface area contributed by atoms with Crippen molar-refractivity contribution < 1.29 is 4.79 Å². The molecule has 0 aromatic carbocycles. The topological polar surface area (TPSA) is 17.1 Å². The van der Waals surface area contributed by atoms with Crippen LogP contribution in [0.1, 0.15) is 47.0 Å². The molecule has 0 spiro atoms. The second-order valence-corrected chi connectivity index (χ2v) is 7.08. The fourth-order valence-corrected chi connectivity index (χ4v) is 2.31. The van der Waals surface area contributed by atoms with Crippen molar-refractivity contribution in [1.82, 2.24) is 0 Å². The lowest BCUT2D eigenvalue weighted by molar-refractivity contribution is -0.120. The van der Waals surface area contributed by atoms with E-state index in [-0.39, 0.29) is 14.1 Å². The Morgan fingerprint density at radius 3 is 2.00 bits per heavy atom. The number of rotatable bonds is 5. The second kappa shape index (κ2) is 4.96. The fourth-order valence-electron chi connectivity index (χ4n) is 1.27. The van der Waals surface area contributed by atoms with Crippen molar-refractivity contribution in [3.05, 3.63) is 0 Å². The van der Waals surface area contributed by atoms with Crippen molar-refractivity contribution in [2.75, 3.05) is 0 Å². The van der Waals surface area contributed by atoms with E-state index >= 15 is 0 Å². The Hall–Kier alpha value is 0.690. The number of hydrogen-bond acceptors (Lipinski definition) is 1. The first kappa shape index (κ1) is 13.7. The predicted molar refractivity (Wildman–Crippen MR) is 66.6 cm³/mol. The Kier molecular flexibility index (Phi) is 5.23. The highest BCUT2D eigenvalue weighted by Crippen LogP contribution is 2.40. The molecule has 0 saturated carbocycles. The minimum absolute atomic E-state index is 0.174. The van der Waals surface area contributed by atoms with Crippen LogP contribution in [0.4, 0.5) is 0 Å². The largest absolute Gasteiger partial charge is 0.281 e. The number of carbonyl (C=O) groups is 1. The molecular weight excluding hydrogens is 298 g/mol. The van der Waals surface area contributed by atoms with Crippen LogP contribution in [0.3, 0.4) is 0 Å². The van der Waals surface area contributed by atoms with Gasteiger partial charge in [0.25, 0.3) is 0 Å². The summed E-state index contributed by atoms with van der Waals surface area (Å²) < 4.78 is 0.174. The molecule has 0 N–H and O–H groups in total. The maximum atomic E-state index is 11.3. The number of carbonyl (C=O) groups excluding carboxylic acids is 1. The van der Waals surface area contributed by atoms with Gasteiger partial charge in [0.15, 0.2) is 0 Å². The zero-order chi connectivity index (χ0) is 10.7. The summed E-state index contributed by atoms with van der Waals surface area (Å²) in [7, 11) is 0. The van der Waals surface area contributed by atoms with Crippen molar-refractivity contribution >= 4 is 39.4 Å². The van der Waals surface area contributed by atoms with Crippen LogP contribution in [0.25, 0.3) is 0 Å². The highest BCUT2D eigenvalue weighted by Gasteiger charge is 2.36. The van der Waals surface area contributed by atoms with E-state index < -0.39 is 0 Å². The predicted octanol–water partition coefficient (Wildman–Crippen LogP) is 4.16. The zero-order valence-corrected chi connectivity index (χ0v) is 11.7. The van der Waals surface area contributed by atoms with Gasteiger partial charge < -0.3 is 0 Å².